The molecule has 1 atom stereocenters. The molecule has 3 N–H and O–H groups in total. The molecule has 0 saturated heterocycles. The van der Waals surface area contributed by atoms with Gasteiger partial charge in [-0.3, -0.25) is 0 Å². The van der Waals surface area contributed by atoms with Crippen LogP contribution in [-0.4, -0.2) is 24.2 Å². The number of aliphatic imine (C=N–C) groups is 1. The third-order valence-electron chi connectivity index (χ3n) is 3.43. The van der Waals surface area contributed by atoms with E-state index in [-0.39, 0.29) is 37.1 Å². The van der Waals surface area contributed by atoms with Gasteiger partial charge in [-0.15, -0.1) is 35.3 Å². The van der Waals surface area contributed by atoms with E-state index in [0.717, 1.165) is 17.0 Å². The number of hydrogen-bond acceptors (Lipinski definition) is 3. The van der Waals surface area contributed by atoms with Crippen LogP contribution in [0.1, 0.15) is 29.0 Å². The Labute approximate surface area is 181 Å². The first-order valence-electron chi connectivity index (χ1n) is 7.91. The van der Waals surface area contributed by atoms with Gasteiger partial charge in [0.25, 0.3) is 0 Å². The molecular weight excluding hydrogens is 514 g/mol. The maximum atomic E-state index is 12.6. The Hall–Kier alpha value is -1.04. The van der Waals surface area contributed by atoms with Gasteiger partial charge in [-0.05, 0) is 36.8 Å². The number of benzene rings is 1. The molecule has 0 bridgehead atoms. The van der Waals surface area contributed by atoms with Crippen LogP contribution in [0.4, 0.5) is 13.2 Å². The standard InChI is InChI=1S/C17H19ClF3N3OS.HI/c1-2-22-16(24-10-13(25)14-7-8-15(18)26-14)23-9-11-3-5-12(6-4-11)17(19,20)21;/h3-8,13,25H,2,9-10H2,1H3,(H2,22,23,24);1H. The van der Waals surface area contributed by atoms with Crippen LogP contribution in [0.15, 0.2) is 41.4 Å². The quantitative estimate of drug-likeness (QED) is 0.283. The predicted molar refractivity (Wildman–Crippen MR) is 114 cm³/mol. The summed E-state index contributed by atoms with van der Waals surface area (Å²) in [5.74, 6) is 0.467. The summed E-state index contributed by atoms with van der Waals surface area (Å²) in [4.78, 5) is 5.06. The topological polar surface area (TPSA) is 56.7 Å². The number of halogens is 5. The number of aliphatic hydroxyl groups excluding tert-OH is 1. The van der Waals surface area contributed by atoms with E-state index in [1.165, 1.54) is 23.5 Å². The average molecular weight is 534 g/mol. The van der Waals surface area contributed by atoms with E-state index in [4.69, 9.17) is 11.6 Å². The van der Waals surface area contributed by atoms with Crippen molar-refractivity contribution in [3.05, 3.63) is 56.7 Å². The van der Waals surface area contributed by atoms with Gasteiger partial charge < -0.3 is 15.7 Å². The largest absolute Gasteiger partial charge is 0.416 e. The van der Waals surface area contributed by atoms with Crippen molar-refractivity contribution in [3.63, 3.8) is 0 Å². The molecule has 0 aliphatic carbocycles. The third-order valence-corrected chi connectivity index (χ3v) is 4.76. The minimum atomic E-state index is -4.35. The Kier molecular flexibility index (Phi) is 9.85. The Bertz CT molecular complexity index is 738. The van der Waals surface area contributed by atoms with Gasteiger partial charge in [0.05, 0.1) is 16.4 Å². The lowest BCUT2D eigenvalue weighted by atomic mass is 10.1. The van der Waals surface area contributed by atoms with Crippen LogP contribution in [0.5, 0.6) is 0 Å². The zero-order chi connectivity index (χ0) is 19.2. The second-order valence-electron chi connectivity index (χ2n) is 5.43. The fraction of sp³-hybridized carbons (Fsp3) is 0.353. The van der Waals surface area contributed by atoms with Crippen molar-refractivity contribution in [1.82, 2.24) is 10.6 Å². The molecule has 0 radical (unpaired) electrons. The molecule has 0 saturated carbocycles. The van der Waals surface area contributed by atoms with Crippen LogP contribution in [0.25, 0.3) is 0 Å². The fourth-order valence-electron chi connectivity index (χ4n) is 2.11. The van der Waals surface area contributed by atoms with Crippen molar-refractivity contribution in [2.75, 3.05) is 13.1 Å². The lowest BCUT2D eigenvalue weighted by molar-refractivity contribution is -0.137. The monoisotopic (exact) mass is 533 g/mol. The highest BCUT2D eigenvalue weighted by molar-refractivity contribution is 14.0. The van der Waals surface area contributed by atoms with Crippen molar-refractivity contribution in [2.45, 2.75) is 25.7 Å². The summed E-state index contributed by atoms with van der Waals surface area (Å²) >= 11 is 7.15. The highest BCUT2D eigenvalue weighted by Gasteiger charge is 2.29. The van der Waals surface area contributed by atoms with Crippen LogP contribution in [0.2, 0.25) is 4.34 Å². The highest BCUT2D eigenvalue weighted by atomic mass is 127. The third kappa shape index (κ3) is 7.84. The minimum absolute atomic E-state index is 0. The van der Waals surface area contributed by atoms with Crippen LogP contribution in [0.3, 0.4) is 0 Å². The van der Waals surface area contributed by atoms with Gasteiger partial charge in [0.1, 0.15) is 6.10 Å². The van der Waals surface area contributed by atoms with Gasteiger partial charge in [-0.25, -0.2) is 4.99 Å². The van der Waals surface area contributed by atoms with E-state index < -0.39 is 17.8 Å². The summed E-state index contributed by atoms with van der Waals surface area (Å²) in [6, 6.07) is 8.35. The Morgan fingerprint density at radius 3 is 2.37 bits per heavy atom. The van der Waals surface area contributed by atoms with E-state index >= 15 is 0 Å². The van der Waals surface area contributed by atoms with E-state index in [1.54, 1.807) is 12.1 Å². The van der Waals surface area contributed by atoms with Crippen molar-refractivity contribution in [3.8, 4) is 0 Å². The van der Waals surface area contributed by atoms with Gasteiger partial charge in [-0.1, -0.05) is 23.7 Å². The number of aliphatic hydroxyl groups is 1. The molecule has 2 aromatic rings. The summed E-state index contributed by atoms with van der Waals surface area (Å²) in [7, 11) is 0. The van der Waals surface area contributed by atoms with Crippen LogP contribution >= 0.6 is 46.9 Å². The van der Waals surface area contributed by atoms with Crippen molar-refractivity contribution >= 4 is 52.9 Å². The van der Waals surface area contributed by atoms with E-state index in [1.807, 2.05) is 6.92 Å². The second-order valence-corrected chi connectivity index (χ2v) is 7.18. The molecule has 10 heteroatoms. The molecule has 27 heavy (non-hydrogen) atoms. The number of rotatable bonds is 6. The van der Waals surface area contributed by atoms with E-state index in [0.29, 0.717) is 22.4 Å². The first-order valence-corrected chi connectivity index (χ1v) is 9.10. The minimum Gasteiger partial charge on any atom is -0.386 e. The number of nitrogens with zero attached hydrogens (tertiary/aromatic N) is 1. The summed E-state index contributed by atoms with van der Waals surface area (Å²) < 4.78 is 38.3. The summed E-state index contributed by atoms with van der Waals surface area (Å²) in [6.45, 7) is 2.95. The van der Waals surface area contributed by atoms with Crippen LogP contribution < -0.4 is 10.6 Å². The molecule has 1 aromatic carbocycles. The van der Waals surface area contributed by atoms with E-state index in [2.05, 4.69) is 15.6 Å². The summed E-state index contributed by atoms with van der Waals surface area (Å²) in [5, 5.41) is 16.2. The molecular formula is C17H20ClF3IN3OS. The van der Waals surface area contributed by atoms with Crippen molar-refractivity contribution in [1.29, 1.82) is 0 Å². The van der Waals surface area contributed by atoms with Gasteiger partial charge in [-0.2, -0.15) is 13.2 Å². The molecule has 1 aromatic heterocycles. The molecule has 150 valence electrons. The number of thiophene rings is 1. The molecule has 1 unspecified atom stereocenters. The van der Waals surface area contributed by atoms with Crippen molar-refractivity contribution in [2.24, 2.45) is 4.99 Å². The SMILES string of the molecule is CCNC(=NCc1ccc(C(F)(F)F)cc1)NCC(O)c1ccc(Cl)s1.I. The number of nitrogens with one attached hydrogen (secondary N) is 2. The molecule has 4 nitrogen and oxygen atoms in total. The smallest absolute Gasteiger partial charge is 0.386 e. The zero-order valence-corrected chi connectivity index (χ0v) is 18.3. The molecule has 2 rings (SSSR count). The molecule has 0 fully saturated rings. The summed E-state index contributed by atoms with van der Waals surface area (Å²) in [5.41, 5.74) is -0.0335. The first kappa shape index (κ1) is 24.0. The Balaban J connectivity index is 0.00000364. The highest BCUT2D eigenvalue weighted by Crippen LogP contribution is 2.29. The van der Waals surface area contributed by atoms with Crippen LogP contribution in [-0.2, 0) is 12.7 Å². The lowest BCUT2D eigenvalue weighted by Crippen LogP contribution is -2.39. The lowest BCUT2D eigenvalue weighted by Gasteiger charge is -2.14. The van der Waals surface area contributed by atoms with Crippen LogP contribution in [0, 0.1) is 0 Å². The predicted octanol–water partition coefficient (Wildman–Crippen LogP) is 4.83. The molecule has 0 amide bonds. The second kappa shape index (κ2) is 11.1. The normalized spacial score (nSPS) is 13.0. The maximum Gasteiger partial charge on any atom is 0.416 e. The molecule has 0 spiro atoms. The number of hydrogen-bond donors (Lipinski definition) is 3. The molecule has 1 heterocycles. The van der Waals surface area contributed by atoms with E-state index in [9.17, 15) is 18.3 Å². The van der Waals surface area contributed by atoms with Gasteiger partial charge >= 0.3 is 6.18 Å². The average Bonchev–Trinajstić information content (AvgIpc) is 3.03. The molecule has 0 aliphatic heterocycles. The van der Waals surface area contributed by atoms with Gasteiger partial charge in [0.15, 0.2) is 5.96 Å². The molecule has 0 aliphatic rings. The zero-order valence-electron chi connectivity index (χ0n) is 14.4. The maximum absolute atomic E-state index is 12.6. The van der Waals surface area contributed by atoms with Crippen molar-refractivity contribution < 1.29 is 18.3 Å². The van der Waals surface area contributed by atoms with Gasteiger partial charge in [0, 0.05) is 18.0 Å². The fourth-order valence-corrected chi connectivity index (χ4v) is 3.16. The Morgan fingerprint density at radius 1 is 1.19 bits per heavy atom. The first-order chi connectivity index (χ1) is 12.3. The van der Waals surface area contributed by atoms with Gasteiger partial charge in [0.2, 0.25) is 0 Å². The summed E-state index contributed by atoms with van der Waals surface area (Å²) in [6.07, 6.45) is -5.08. The number of alkyl halides is 3. The Morgan fingerprint density at radius 2 is 1.85 bits per heavy atom. The number of guanidine groups is 1.